The van der Waals surface area contributed by atoms with E-state index in [-0.39, 0.29) is 23.2 Å². The van der Waals surface area contributed by atoms with Crippen LogP contribution >= 0.6 is 27.3 Å². The monoisotopic (exact) mass is 340 g/mol. The summed E-state index contributed by atoms with van der Waals surface area (Å²) in [5.41, 5.74) is 0.886. The molecule has 0 unspecified atom stereocenters. The van der Waals surface area contributed by atoms with Crippen molar-refractivity contribution >= 4 is 43.2 Å². The number of thiophene rings is 1. The zero-order valence-corrected chi connectivity index (χ0v) is 12.6. The van der Waals surface area contributed by atoms with Gasteiger partial charge in [0.25, 0.3) is 0 Å². The second-order valence-electron chi connectivity index (χ2n) is 3.40. The zero-order valence-electron chi connectivity index (χ0n) is 9.41. The number of amides is 1. The smallest absolute Gasteiger partial charge is 0.250 e. The fraction of sp³-hybridized carbons (Fsp3) is 0.444. The average Bonchev–Trinajstić information content (AvgIpc) is 2.55. The van der Waals surface area contributed by atoms with E-state index >= 15 is 0 Å². The van der Waals surface area contributed by atoms with Crippen LogP contribution in [0.15, 0.2) is 14.1 Å². The first-order chi connectivity index (χ1) is 7.83. The van der Waals surface area contributed by atoms with Gasteiger partial charge in [-0.05, 0) is 34.5 Å². The summed E-state index contributed by atoms with van der Waals surface area (Å²) in [6, 6.07) is 1.61. The van der Waals surface area contributed by atoms with Crippen LogP contribution in [0.4, 0.5) is 0 Å². The lowest BCUT2D eigenvalue weighted by molar-refractivity contribution is -0.118. The molecule has 0 fully saturated rings. The summed E-state index contributed by atoms with van der Waals surface area (Å²) in [5, 5.41) is 2.51. The number of rotatable bonds is 5. The largest absolute Gasteiger partial charge is 0.355 e. The first-order valence-electron chi connectivity index (χ1n) is 4.83. The summed E-state index contributed by atoms with van der Waals surface area (Å²) >= 11 is 4.44. The molecule has 0 bridgehead atoms. The van der Waals surface area contributed by atoms with Crippen molar-refractivity contribution < 1.29 is 13.2 Å². The first-order valence-corrected chi connectivity index (χ1v) is 7.92. The molecule has 0 radical (unpaired) electrons. The number of aryl methyl sites for hydroxylation is 1. The van der Waals surface area contributed by atoms with Gasteiger partial charge in [-0.3, -0.25) is 4.79 Å². The van der Waals surface area contributed by atoms with Crippen molar-refractivity contribution in [1.29, 1.82) is 0 Å². The minimum Gasteiger partial charge on any atom is -0.355 e. The maximum absolute atomic E-state index is 11.8. The van der Waals surface area contributed by atoms with Gasteiger partial charge >= 0.3 is 0 Å². The molecular formula is C9H13BrN2O3S2. The molecule has 0 spiro atoms. The van der Waals surface area contributed by atoms with Crippen molar-refractivity contribution in [3.05, 3.63) is 15.4 Å². The highest BCUT2D eigenvalue weighted by molar-refractivity contribution is 9.11. The van der Waals surface area contributed by atoms with Crippen molar-refractivity contribution in [2.45, 2.75) is 18.1 Å². The Morgan fingerprint density at radius 2 is 2.12 bits per heavy atom. The zero-order chi connectivity index (χ0) is 13.1. The van der Waals surface area contributed by atoms with Gasteiger partial charge in [0.2, 0.25) is 15.9 Å². The molecule has 2 N–H and O–H groups in total. The average molecular weight is 341 g/mol. The molecule has 5 nitrogen and oxygen atoms in total. The molecule has 1 amide bonds. The molecule has 17 heavy (non-hydrogen) atoms. The second-order valence-corrected chi connectivity index (χ2v) is 7.77. The summed E-state index contributed by atoms with van der Waals surface area (Å²) in [6.07, 6.45) is 0. The normalized spacial score (nSPS) is 11.5. The van der Waals surface area contributed by atoms with Gasteiger partial charge in [0.1, 0.15) is 4.21 Å². The Balaban J connectivity index is 2.60. The third-order valence-electron chi connectivity index (χ3n) is 1.89. The standard InChI is InChI=1S/C9H13BrN2O3S2/c1-6-5-8(16-9(6)10)17(14,15)12-4-3-11-7(2)13/h5,12H,3-4H2,1-2H3,(H,11,13). The molecule has 1 aromatic heterocycles. The van der Waals surface area contributed by atoms with Gasteiger partial charge in [0, 0.05) is 20.0 Å². The van der Waals surface area contributed by atoms with Crippen LogP contribution < -0.4 is 10.0 Å². The predicted octanol–water partition coefficient (Wildman–Crippen LogP) is 1.23. The minimum atomic E-state index is -3.47. The third kappa shape index (κ3) is 4.38. The van der Waals surface area contributed by atoms with Gasteiger partial charge in [-0.25, -0.2) is 13.1 Å². The highest BCUT2D eigenvalue weighted by Gasteiger charge is 2.17. The van der Waals surface area contributed by atoms with Crippen LogP contribution in [0.3, 0.4) is 0 Å². The maximum Gasteiger partial charge on any atom is 0.250 e. The summed E-state index contributed by atoms with van der Waals surface area (Å²) in [5.74, 6) is -0.182. The molecule has 1 heterocycles. The van der Waals surface area contributed by atoms with E-state index in [1.165, 1.54) is 6.92 Å². The Hall–Kier alpha value is -0.440. The SMILES string of the molecule is CC(=O)NCCNS(=O)(=O)c1cc(C)c(Br)s1. The van der Waals surface area contributed by atoms with Crippen LogP contribution in [0, 0.1) is 6.92 Å². The van der Waals surface area contributed by atoms with Gasteiger partial charge in [-0.2, -0.15) is 0 Å². The molecule has 1 rings (SSSR count). The van der Waals surface area contributed by atoms with Crippen molar-refractivity contribution in [3.63, 3.8) is 0 Å². The summed E-state index contributed by atoms with van der Waals surface area (Å²) in [6.45, 7) is 3.67. The van der Waals surface area contributed by atoms with Gasteiger partial charge < -0.3 is 5.32 Å². The van der Waals surface area contributed by atoms with Crippen LogP contribution in [-0.4, -0.2) is 27.4 Å². The molecule has 1 aromatic rings. The number of halogens is 1. The molecule has 8 heteroatoms. The summed E-state index contributed by atoms with van der Waals surface area (Å²) in [7, 11) is -3.47. The fourth-order valence-electron chi connectivity index (χ4n) is 1.06. The van der Waals surface area contributed by atoms with E-state index < -0.39 is 10.0 Å². The maximum atomic E-state index is 11.8. The van der Waals surface area contributed by atoms with Crippen LogP contribution in [0.1, 0.15) is 12.5 Å². The molecular weight excluding hydrogens is 328 g/mol. The molecule has 0 aliphatic heterocycles. The number of hydrogen-bond donors (Lipinski definition) is 2. The van der Waals surface area contributed by atoms with Gasteiger partial charge in [-0.1, -0.05) is 0 Å². The van der Waals surface area contributed by atoms with Gasteiger partial charge in [0.05, 0.1) is 3.79 Å². The quantitative estimate of drug-likeness (QED) is 0.791. The molecule has 0 saturated carbocycles. The lowest BCUT2D eigenvalue weighted by atomic mass is 10.4. The van der Waals surface area contributed by atoms with E-state index in [2.05, 4.69) is 26.0 Å². The van der Waals surface area contributed by atoms with E-state index in [9.17, 15) is 13.2 Å². The summed E-state index contributed by atoms with van der Waals surface area (Å²) < 4.78 is 27.1. The van der Waals surface area contributed by atoms with E-state index in [0.717, 1.165) is 20.7 Å². The Bertz CT molecular complexity index is 491. The van der Waals surface area contributed by atoms with Gasteiger partial charge in [-0.15, -0.1) is 11.3 Å². The number of hydrogen-bond acceptors (Lipinski definition) is 4. The third-order valence-corrected chi connectivity index (χ3v) is 5.96. The predicted molar refractivity (Wildman–Crippen MR) is 70.6 cm³/mol. The van der Waals surface area contributed by atoms with Crippen LogP contribution in [0.2, 0.25) is 0 Å². The van der Waals surface area contributed by atoms with Crippen LogP contribution in [-0.2, 0) is 14.8 Å². The highest BCUT2D eigenvalue weighted by atomic mass is 79.9. The lowest BCUT2D eigenvalue weighted by Gasteiger charge is -2.04. The highest BCUT2D eigenvalue weighted by Crippen LogP contribution is 2.30. The minimum absolute atomic E-state index is 0.177. The number of nitrogens with one attached hydrogen (secondary N) is 2. The Kier molecular flexibility index (Phi) is 5.11. The lowest BCUT2D eigenvalue weighted by Crippen LogP contribution is -2.33. The Labute approximate surface area is 113 Å². The van der Waals surface area contributed by atoms with Crippen molar-refractivity contribution in [2.75, 3.05) is 13.1 Å². The topological polar surface area (TPSA) is 75.3 Å². The molecule has 0 saturated heterocycles. The molecule has 0 aliphatic rings. The number of carbonyl (C=O) groups excluding carboxylic acids is 1. The van der Waals surface area contributed by atoms with E-state index in [1.54, 1.807) is 6.07 Å². The van der Waals surface area contributed by atoms with Crippen molar-refractivity contribution in [2.24, 2.45) is 0 Å². The molecule has 0 aromatic carbocycles. The van der Waals surface area contributed by atoms with E-state index in [4.69, 9.17) is 0 Å². The molecule has 96 valence electrons. The van der Waals surface area contributed by atoms with Crippen LogP contribution in [0.25, 0.3) is 0 Å². The second kappa shape index (κ2) is 5.94. The number of sulfonamides is 1. The Morgan fingerprint density at radius 3 is 2.59 bits per heavy atom. The van der Waals surface area contributed by atoms with Crippen molar-refractivity contribution in [3.8, 4) is 0 Å². The van der Waals surface area contributed by atoms with Gasteiger partial charge in [0.15, 0.2) is 0 Å². The first kappa shape index (κ1) is 14.6. The molecule has 0 atom stereocenters. The van der Waals surface area contributed by atoms with Crippen molar-refractivity contribution in [1.82, 2.24) is 10.0 Å². The Morgan fingerprint density at radius 1 is 1.47 bits per heavy atom. The van der Waals surface area contributed by atoms with E-state index in [1.807, 2.05) is 6.92 Å². The molecule has 0 aliphatic carbocycles. The van der Waals surface area contributed by atoms with E-state index in [0.29, 0.717) is 0 Å². The number of carbonyl (C=O) groups is 1. The van der Waals surface area contributed by atoms with Crippen LogP contribution in [0.5, 0.6) is 0 Å². The fourth-order valence-corrected chi connectivity index (χ4v) is 4.36. The summed E-state index contributed by atoms with van der Waals surface area (Å²) in [4.78, 5) is 10.6.